The van der Waals surface area contributed by atoms with Crippen LogP contribution in [0.15, 0.2) is 206 Å². The Kier molecular flexibility index (Phi) is 14.0. The van der Waals surface area contributed by atoms with Crippen molar-refractivity contribution in [2.24, 2.45) is 0 Å². The van der Waals surface area contributed by atoms with Gasteiger partial charge >= 0.3 is 172 Å². The minimum atomic E-state index is -0.679. The second-order valence-electron chi connectivity index (χ2n) is 13.0. The van der Waals surface area contributed by atoms with Gasteiger partial charge in [0, 0.05) is 0 Å². The van der Waals surface area contributed by atoms with E-state index in [9.17, 15) is 0 Å². The van der Waals surface area contributed by atoms with Crippen LogP contribution in [0.2, 0.25) is 0 Å². The van der Waals surface area contributed by atoms with Gasteiger partial charge in [-0.25, -0.2) is 12.2 Å². The van der Waals surface area contributed by atoms with Gasteiger partial charge in [-0.1, -0.05) is 77.5 Å². The fourth-order valence-electron chi connectivity index (χ4n) is 6.99. The summed E-state index contributed by atoms with van der Waals surface area (Å²) in [7, 11) is 0. The number of hydrogen-bond donors (Lipinski definition) is 0. The first-order valence-corrected chi connectivity index (χ1v) is 21.0. The Morgan fingerprint density at radius 2 is 0.873 bits per heavy atom. The summed E-state index contributed by atoms with van der Waals surface area (Å²) in [6.45, 7) is 0. The van der Waals surface area contributed by atoms with E-state index in [2.05, 4.69) is 208 Å². The molecular formula is C52H38Cl2Zr-4. The van der Waals surface area contributed by atoms with Crippen LogP contribution in [0.5, 0.6) is 0 Å². The van der Waals surface area contributed by atoms with Crippen molar-refractivity contribution in [1.82, 2.24) is 0 Å². The molecule has 268 valence electrons. The molecule has 1 aliphatic carbocycles. The molecule has 0 heterocycles. The van der Waals surface area contributed by atoms with E-state index in [4.69, 9.17) is 0 Å². The standard InChI is InChI=1S/C21H13.2C13H10.C5H5.2ClH.Zr/c1-2-8-15-14(7-1)13-20-18-11-4-3-9-16(18)17-10-5-6-12-19(17)21(15)20;2*1-11-7-9-13(10-8-11)12-5-3-2-4-6-12;1-2-4-5-3-1;;;/h1-13H;2*1-10H;1-3H,4H2;2*1H;/q-1;;;-1;;;/p-2. The molecule has 3 heteroatoms. The van der Waals surface area contributed by atoms with Gasteiger partial charge in [-0.3, -0.25) is 6.08 Å². The van der Waals surface area contributed by atoms with Gasteiger partial charge in [0.15, 0.2) is 0 Å². The zero-order chi connectivity index (χ0) is 35.7. The summed E-state index contributed by atoms with van der Waals surface area (Å²) in [5.74, 6) is 0. The molecule has 0 unspecified atom stereocenters. The second-order valence-corrected chi connectivity index (χ2v) is 15.3. The molecule has 10 rings (SSSR count). The summed E-state index contributed by atoms with van der Waals surface area (Å²) in [5.41, 5.74) is 7.76. The number of halogens is 2. The van der Waals surface area contributed by atoms with Gasteiger partial charge in [0.25, 0.3) is 0 Å². The number of fused-ring (bicyclic) bond motifs is 8. The van der Waals surface area contributed by atoms with Gasteiger partial charge in [0.05, 0.1) is 0 Å². The van der Waals surface area contributed by atoms with Crippen LogP contribution in [0.1, 0.15) is 17.5 Å². The Morgan fingerprint density at radius 1 is 0.436 bits per heavy atom. The third kappa shape index (κ3) is 9.38. The molecule has 0 atom stereocenters. The molecule has 0 amide bonds. The molecule has 55 heavy (non-hydrogen) atoms. The van der Waals surface area contributed by atoms with Crippen LogP contribution in [-0.4, -0.2) is 7.42 Å². The third-order valence-corrected chi connectivity index (χ3v) is 12.1. The molecule has 0 aliphatic heterocycles. The van der Waals surface area contributed by atoms with E-state index in [1.54, 1.807) is 0 Å². The van der Waals surface area contributed by atoms with Crippen LogP contribution in [0.25, 0.3) is 65.3 Å². The normalized spacial score (nSPS) is 11.1. The maximum absolute atomic E-state index is 2.99. The molecule has 0 saturated carbocycles. The molecule has 0 spiro atoms. The van der Waals surface area contributed by atoms with Crippen LogP contribution < -0.4 is 24.8 Å². The molecule has 1 aliphatic rings. The number of benzene rings is 8. The quantitative estimate of drug-likeness (QED) is 0.128. The van der Waals surface area contributed by atoms with E-state index >= 15 is 0 Å². The Morgan fingerprint density at radius 3 is 1.36 bits per heavy atom. The smallest absolute Gasteiger partial charge is 0.0255 e. The van der Waals surface area contributed by atoms with Crippen molar-refractivity contribution in [2.45, 2.75) is 6.42 Å². The molecule has 0 radical (unpaired) electrons. The number of rotatable bonds is 4. The van der Waals surface area contributed by atoms with E-state index in [0.717, 1.165) is 6.42 Å². The van der Waals surface area contributed by atoms with Crippen molar-refractivity contribution in [3.63, 3.8) is 0 Å². The molecule has 9 aromatic carbocycles. The fourth-order valence-corrected chi connectivity index (χ4v) is 9.09. The Balaban J connectivity index is 0.000000163. The van der Waals surface area contributed by atoms with Gasteiger partial charge in [-0.05, 0) is 10.8 Å². The summed E-state index contributed by atoms with van der Waals surface area (Å²) in [6.07, 6.45) is 10.0. The fraction of sp³-hybridized carbons (Fsp3) is 0.0192. The summed E-state index contributed by atoms with van der Waals surface area (Å²) in [6, 6.07) is 67.4. The molecule has 0 saturated heterocycles. The molecule has 9 aromatic rings. The van der Waals surface area contributed by atoms with Gasteiger partial charge in [0.1, 0.15) is 0 Å². The minimum Gasteiger partial charge on any atom is -1.00 e. The predicted molar refractivity (Wildman–Crippen MR) is 228 cm³/mol. The molecule has 0 bridgehead atoms. The predicted octanol–water partition coefficient (Wildman–Crippen LogP) is 7.44. The van der Waals surface area contributed by atoms with Crippen molar-refractivity contribution in [3.8, 4) is 22.3 Å². The second kappa shape index (κ2) is 19.4. The summed E-state index contributed by atoms with van der Waals surface area (Å²) in [5, 5.41) is 10.8. The van der Waals surface area contributed by atoms with Gasteiger partial charge in [-0.2, -0.15) is 6.08 Å². The average Bonchev–Trinajstić information content (AvgIpc) is 3.96. The summed E-state index contributed by atoms with van der Waals surface area (Å²) >= 11 is -0.679. The Labute approximate surface area is 347 Å². The van der Waals surface area contributed by atoms with Gasteiger partial charge in [-0.15, -0.1) is 40.1 Å². The van der Waals surface area contributed by atoms with E-state index in [1.165, 1.54) is 76.5 Å². The monoisotopic (exact) mass is 822 g/mol. The number of hydrogen-bond acceptors (Lipinski definition) is 0. The molecule has 0 nitrogen and oxygen atoms in total. The largest absolute Gasteiger partial charge is 1.00 e. The summed E-state index contributed by atoms with van der Waals surface area (Å²) < 4.78 is 4.87. The van der Waals surface area contributed by atoms with Crippen molar-refractivity contribution in [2.75, 3.05) is 0 Å². The van der Waals surface area contributed by atoms with Crippen molar-refractivity contribution >= 4 is 50.5 Å². The van der Waals surface area contributed by atoms with Crippen LogP contribution in [0.3, 0.4) is 0 Å². The first-order chi connectivity index (χ1) is 26.3. The van der Waals surface area contributed by atoms with E-state index in [0.29, 0.717) is 0 Å². The first kappa shape index (κ1) is 39.5. The zero-order valence-corrected chi connectivity index (χ0v) is 34.2. The van der Waals surface area contributed by atoms with Gasteiger partial charge in [0.2, 0.25) is 0 Å². The molecule has 0 aromatic heterocycles. The zero-order valence-electron chi connectivity index (χ0n) is 30.2. The van der Waals surface area contributed by atoms with Crippen LogP contribution >= 0.6 is 0 Å². The van der Waals surface area contributed by atoms with Crippen LogP contribution in [0.4, 0.5) is 0 Å². The van der Waals surface area contributed by atoms with Crippen molar-refractivity contribution in [1.29, 1.82) is 0 Å². The van der Waals surface area contributed by atoms with Crippen LogP contribution in [0, 0.1) is 6.08 Å². The topological polar surface area (TPSA) is 0 Å². The maximum Gasteiger partial charge on any atom is -0.0255 e. The third-order valence-electron chi connectivity index (χ3n) is 9.62. The number of allylic oxidation sites excluding steroid dienone is 4. The maximum atomic E-state index is 2.99. The molecule has 0 fully saturated rings. The SMILES string of the molecule is [C-]1=CC=CC1.[CH](=[Zr]=[CH]c1ccc(-c2ccccc2)cc1)c1ccc(-c2ccccc2)cc1.[Cl-].[Cl-].c1ccc2c(c1)[cH-]c1c3ccccc3c3ccccc3c21. The Hall–Kier alpha value is -5.17. The van der Waals surface area contributed by atoms with E-state index < -0.39 is 22.3 Å². The van der Waals surface area contributed by atoms with Gasteiger partial charge < -0.3 is 24.8 Å². The van der Waals surface area contributed by atoms with Crippen molar-refractivity contribution < 1.29 is 47.1 Å². The summed E-state index contributed by atoms with van der Waals surface area (Å²) in [4.78, 5) is 0. The average molecular weight is 825 g/mol. The minimum absolute atomic E-state index is 0. The van der Waals surface area contributed by atoms with Crippen molar-refractivity contribution in [3.05, 3.63) is 223 Å². The van der Waals surface area contributed by atoms with E-state index in [1.807, 2.05) is 12.2 Å². The Bertz CT molecular complexity index is 2650. The van der Waals surface area contributed by atoms with E-state index in [-0.39, 0.29) is 24.8 Å². The van der Waals surface area contributed by atoms with Crippen LogP contribution in [-0.2, 0) is 22.3 Å². The first-order valence-electron chi connectivity index (χ1n) is 18.1. The molecule has 0 N–H and O–H groups in total. The molecular weight excluding hydrogens is 787 g/mol.